The lowest BCUT2D eigenvalue weighted by Gasteiger charge is -2.26. The number of hydrogen-bond acceptors (Lipinski definition) is 2. The summed E-state index contributed by atoms with van der Waals surface area (Å²) in [5, 5.41) is 3.31. The van der Waals surface area contributed by atoms with Gasteiger partial charge in [-0.2, -0.15) is 0 Å². The Morgan fingerprint density at radius 2 is 2.07 bits per heavy atom. The van der Waals surface area contributed by atoms with E-state index in [1.54, 1.807) is 0 Å². The van der Waals surface area contributed by atoms with Gasteiger partial charge in [0.2, 0.25) is 0 Å². The van der Waals surface area contributed by atoms with Crippen LogP contribution in [0.3, 0.4) is 0 Å². The largest absolute Gasteiger partial charge is 0.305 e. The van der Waals surface area contributed by atoms with E-state index in [0.717, 1.165) is 19.4 Å². The lowest BCUT2D eigenvalue weighted by atomic mass is 9.93. The zero-order chi connectivity index (χ0) is 11.0. The van der Waals surface area contributed by atoms with Gasteiger partial charge in [-0.3, -0.25) is 4.79 Å². The van der Waals surface area contributed by atoms with E-state index in [1.807, 2.05) is 13.8 Å². The van der Waals surface area contributed by atoms with Crippen molar-refractivity contribution in [2.75, 3.05) is 6.54 Å². The molecule has 0 fully saturated rings. The first-order chi connectivity index (χ1) is 6.60. The summed E-state index contributed by atoms with van der Waals surface area (Å²) in [7, 11) is 0. The number of carbonyl (C=O) groups is 1. The Balaban J connectivity index is 3.99. The Hall–Kier alpha value is -0.630. The third-order valence-electron chi connectivity index (χ3n) is 2.73. The van der Waals surface area contributed by atoms with Crippen LogP contribution in [-0.4, -0.2) is 17.9 Å². The molecule has 1 atom stereocenters. The predicted octanol–water partition coefficient (Wildman–Crippen LogP) is 2.69. The summed E-state index contributed by atoms with van der Waals surface area (Å²) in [5.74, 6) is 0.0940. The molecule has 0 amide bonds. The molecule has 1 N–H and O–H groups in total. The number of hydrogen-bond donors (Lipinski definition) is 1. The number of unbranched alkanes of at least 4 members (excludes halogenated alkanes) is 2. The summed E-state index contributed by atoms with van der Waals surface area (Å²) in [6.07, 6.45) is 5.78. The van der Waals surface area contributed by atoms with Gasteiger partial charge in [0.15, 0.2) is 5.78 Å². The fourth-order valence-corrected chi connectivity index (χ4v) is 1.35. The zero-order valence-corrected chi connectivity index (χ0v) is 9.73. The summed E-state index contributed by atoms with van der Waals surface area (Å²) in [4.78, 5) is 11.5. The molecule has 0 aromatic rings. The Morgan fingerprint density at radius 3 is 2.50 bits per heavy atom. The zero-order valence-electron chi connectivity index (χ0n) is 9.73. The maximum absolute atomic E-state index is 11.5. The Labute approximate surface area is 87.8 Å². The minimum atomic E-state index is -0.407. The molecule has 82 valence electrons. The van der Waals surface area contributed by atoms with Crippen LogP contribution in [0.1, 0.15) is 46.5 Å². The maximum atomic E-state index is 11.5. The van der Waals surface area contributed by atoms with Crippen LogP contribution < -0.4 is 5.32 Å². The van der Waals surface area contributed by atoms with Gasteiger partial charge < -0.3 is 5.32 Å². The molecule has 0 aliphatic carbocycles. The van der Waals surface area contributed by atoms with E-state index in [0.29, 0.717) is 0 Å². The SMILES string of the molecule is C=CC(=O)C(C)(CC)NCCCCC. The molecular formula is C12H23NO. The first-order valence-electron chi connectivity index (χ1n) is 5.52. The quantitative estimate of drug-likeness (QED) is 0.479. The first-order valence-corrected chi connectivity index (χ1v) is 5.52. The fraction of sp³-hybridized carbons (Fsp3) is 0.750. The molecule has 0 bridgehead atoms. The average Bonchev–Trinajstić information content (AvgIpc) is 2.22. The van der Waals surface area contributed by atoms with Gasteiger partial charge >= 0.3 is 0 Å². The van der Waals surface area contributed by atoms with Crippen LogP contribution in [0.4, 0.5) is 0 Å². The summed E-state index contributed by atoms with van der Waals surface area (Å²) in [6.45, 7) is 10.6. The van der Waals surface area contributed by atoms with Gasteiger partial charge in [-0.25, -0.2) is 0 Å². The van der Waals surface area contributed by atoms with Gasteiger partial charge in [0.05, 0.1) is 5.54 Å². The monoisotopic (exact) mass is 197 g/mol. The molecule has 0 aromatic heterocycles. The summed E-state index contributed by atoms with van der Waals surface area (Å²) in [6, 6.07) is 0. The fourth-order valence-electron chi connectivity index (χ4n) is 1.35. The second-order valence-corrected chi connectivity index (χ2v) is 3.89. The molecule has 14 heavy (non-hydrogen) atoms. The highest BCUT2D eigenvalue weighted by Gasteiger charge is 2.27. The molecule has 0 rings (SSSR count). The second kappa shape index (κ2) is 6.77. The molecule has 0 radical (unpaired) electrons. The van der Waals surface area contributed by atoms with Crippen molar-refractivity contribution in [1.29, 1.82) is 0 Å². The Morgan fingerprint density at radius 1 is 1.43 bits per heavy atom. The number of ketones is 1. The smallest absolute Gasteiger partial charge is 0.174 e. The van der Waals surface area contributed by atoms with E-state index in [2.05, 4.69) is 18.8 Å². The predicted molar refractivity (Wildman–Crippen MR) is 61.4 cm³/mol. The standard InChI is InChI=1S/C12H23NO/c1-5-8-9-10-13-12(4,7-3)11(14)6-2/h6,13H,2,5,7-10H2,1,3-4H3. The molecule has 0 heterocycles. The van der Waals surface area contributed by atoms with Gasteiger partial charge in [-0.15, -0.1) is 0 Å². The number of rotatable bonds is 8. The third kappa shape index (κ3) is 4.05. The van der Waals surface area contributed by atoms with Crippen molar-refractivity contribution in [2.45, 2.75) is 52.0 Å². The molecule has 0 saturated heterocycles. The molecule has 2 nitrogen and oxygen atoms in total. The minimum Gasteiger partial charge on any atom is -0.305 e. The van der Waals surface area contributed by atoms with Crippen LogP contribution in [0.2, 0.25) is 0 Å². The highest BCUT2D eigenvalue weighted by Crippen LogP contribution is 2.11. The second-order valence-electron chi connectivity index (χ2n) is 3.89. The van der Waals surface area contributed by atoms with Crippen molar-refractivity contribution in [3.63, 3.8) is 0 Å². The average molecular weight is 197 g/mol. The van der Waals surface area contributed by atoms with Gasteiger partial charge in [0.25, 0.3) is 0 Å². The van der Waals surface area contributed by atoms with E-state index < -0.39 is 5.54 Å². The summed E-state index contributed by atoms with van der Waals surface area (Å²) < 4.78 is 0. The maximum Gasteiger partial charge on any atom is 0.174 e. The Bertz CT molecular complexity index is 189. The molecule has 0 aliphatic heterocycles. The topological polar surface area (TPSA) is 29.1 Å². The normalized spacial score (nSPS) is 14.8. The lowest BCUT2D eigenvalue weighted by molar-refractivity contribution is -0.120. The van der Waals surface area contributed by atoms with Crippen LogP contribution in [-0.2, 0) is 4.79 Å². The van der Waals surface area contributed by atoms with Gasteiger partial charge in [0.1, 0.15) is 0 Å². The molecule has 0 saturated carbocycles. The summed E-state index contributed by atoms with van der Waals surface area (Å²) >= 11 is 0. The van der Waals surface area contributed by atoms with Crippen LogP contribution in [0.25, 0.3) is 0 Å². The highest BCUT2D eigenvalue weighted by atomic mass is 16.1. The molecule has 0 aromatic carbocycles. The van der Waals surface area contributed by atoms with Crippen molar-refractivity contribution >= 4 is 5.78 Å². The van der Waals surface area contributed by atoms with Crippen LogP contribution in [0.15, 0.2) is 12.7 Å². The van der Waals surface area contributed by atoms with Crippen molar-refractivity contribution in [2.24, 2.45) is 0 Å². The van der Waals surface area contributed by atoms with E-state index in [4.69, 9.17) is 0 Å². The first kappa shape index (κ1) is 13.4. The third-order valence-corrected chi connectivity index (χ3v) is 2.73. The van der Waals surface area contributed by atoms with Gasteiger partial charge in [-0.1, -0.05) is 33.3 Å². The Kier molecular flexibility index (Phi) is 6.46. The molecule has 0 aliphatic rings. The van der Waals surface area contributed by atoms with Crippen molar-refractivity contribution in [1.82, 2.24) is 5.32 Å². The minimum absolute atomic E-state index is 0.0940. The van der Waals surface area contributed by atoms with E-state index >= 15 is 0 Å². The molecule has 1 unspecified atom stereocenters. The molecule has 2 heteroatoms. The van der Waals surface area contributed by atoms with Gasteiger partial charge in [-0.05, 0) is 32.4 Å². The van der Waals surface area contributed by atoms with Crippen molar-refractivity contribution < 1.29 is 4.79 Å². The molecule has 0 spiro atoms. The van der Waals surface area contributed by atoms with Crippen molar-refractivity contribution in [3.05, 3.63) is 12.7 Å². The van der Waals surface area contributed by atoms with Gasteiger partial charge in [0, 0.05) is 0 Å². The van der Waals surface area contributed by atoms with E-state index in [1.165, 1.54) is 18.9 Å². The van der Waals surface area contributed by atoms with E-state index in [-0.39, 0.29) is 5.78 Å². The summed E-state index contributed by atoms with van der Waals surface area (Å²) in [5.41, 5.74) is -0.407. The van der Waals surface area contributed by atoms with Crippen LogP contribution in [0.5, 0.6) is 0 Å². The highest BCUT2D eigenvalue weighted by molar-refractivity contribution is 5.97. The lowest BCUT2D eigenvalue weighted by Crippen LogP contribution is -2.48. The van der Waals surface area contributed by atoms with Crippen LogP contribution in [0, 0.1) is 0 Å². The van der Waals surface area contributed by atoms with Crippen molar-refractivity contribution in [3.8, 4) is 0 Å². The van der Waals surface area contributed by atoms with Crippen LogP contribution >= 0.6 is 0 Å². The number of carbonyl (C=O) groups excluding carboxylic acids is 1. The number of nitrogens with one attached hydrogen (secondary N) is 1. The van der Waals surface area contributed by atoms with E-state index in [9.17, 15) is 4.79 Å². The molecular weight excluding hydrogens is 174 g/mol.